The fourth-order valence-corrected chi connectivity index (χ4v) is 2.33. The van der Waals surface area contributed by atoms with Crippen LogP contribution in [0.3, 0.4) is 0 Å². The van der Waals surface area contributed by atoms with Gasteiger partial charge in [-0.2, -0.15) is 8.42 Å². The molecule has 0 amide bonds. The summed E-state index contributed by atoms with van der Waals surface area (Å²) in [4.78, 5) is 33.7. The van der Waals surface area contributed by atoms with E-state index in [0.717, 1.165) is 0 Å². The van der Waals surface area contributed by atoms with Gasteiger partial charge >= 0.3 is 5.69 Å². The van der Waals surface area contributed by atoms with E-state index < -0.39 is 21.4 Å². The smallest absolute Gasteiger partial charge is 0.327 e. The number of hydrogen-bond acceptors (Lipinski definition) is 5. The van der Waals surface area contributed by atoms with Crippen molar-refractivity contribution < 1.29 is 13.0 Å². The molecule has 0 aliphatic heterocycles. The summed E-state index contributed by atoms with van der Waals surface area (Å²) < 4.78 is 30.8. The van der Waals surface area contributed by atoms with Gasteiger partial charge in [-0.3, -0.25) is 19.3 Å². The monoisotopic (exact) mass is 308 g/mol. The molecule has 0 radical (unpaired) electrons. The van der Waals surface area contributed by atoms with Crippen molar-refractivity contribution in [2.24, 2.45) is 0 Å². The van der Waals surface area contributed by atoms with Crippen LogP contribution in [0.4, 0.5) is 0 Å². The third kappa shape index (κ3) is 2.37. The van der Waals surface area contributed by atoms with Crippen molar-refractivity contribution in [3.8, 4) is 11.4 Å². The molecular formula is C11H8N4O5S. The molecule has 2 aromatic heterocycles. The maximum Gasteiger partial charge on any atom is 0.327 e. The van der Waals surface area contributed by atoms with Gasteiger partial charge in [-0.1, -0.05) is 0 Å². The summed E-state index contributed by atoms with van der Waals surface area (Å²) in [5.41, 5.74) is -0.603. The minimum absolute atomic E-state index is 0.0950. The zero-order chi connectivity index (χ0) is 15.2. The van der Waals surface area contributed by atoms with Crippen LogP contribution in [-0.4, -0.2) is 32.9 Å². The van der Waals surface area contributed by atoms with E-state index in [9.17, 15) is 18.0 Å². The summed E-state index contributed by atoms with van der Waals surface area (Å²) in [6.45, 7) is 0. The summed E-state index contributed by atoms with van der Waals surface area (Å²) >= 11 is 0. The highest BCUT2D eigenvalue weighted by molar-refractivity contribution is 7.85. The molecule has 4 N–H and O–H groups in total. The van der Waals surface area contributed by atoms with E-state index >= 15 is 0 Å². The van der Waals surface area contributed by atoms with Gasteiger partial charge in [0.15, 0.2) is 5.65 Å². The average Bonchev–Trinajstić information content (AvgIpc) is 2.82. The van der Waals surface area contributed by atoms with Crippen molar-refractivity contribution in [2.75, 3.05) is 0 Å². The van der Waals surface area contributed by atoms with Gasteiger partial charge in [0.2, 0.25) is 0 Å². The van der Waals surface area contributed by atoms with Gasteiger partial charge in [-0.05, 0) is 24.3 Å². The topological polar surface area (TPSA) is 149 Å². The predicted molar refractivity (Wildman–Crippen MR) is 72.6 cm³/mol. The third-order valence-electron chi connectivity index (χ3n) is 2.82. The second kappa shape index (κ2) is 4.40. The zero-order valence-corrected chi connectivity index (χ0v) is 11.1. The van der Waals surface area contributed by atoms with Crippen molar-refractivity contribution in [1.82, 2.24) is 19.9 Å². The van der Waals surface area contributed by atoms with Crippen LogP contribution in [-0.2, 0) is 10.1 Å². The highest BCUT2D eigenvalue weighted by Crippen LogP contribution is 2.19. The molecule has 0 saturated carbocycles. The molecule has 2 heterocycles. The SMILES string of the molecule is O=c1[nH]c(=O)c2[nH]c(-c3ccc(S(=O)(=O)O)cc3)nc2[nH]1. The van der Waals surface area contributed by atoms with Gasteiger partial charge < -0.3 is 4.98 Å². The minimum atomic E-state index is -4.27. The van der Waals surface area contributed by atoms with Gasteiger partial charge in [-0.15, -0.1) is 0 Å². The Morgan fingerprint density at radius 3 is 2.29 bits per heavy atom. The first-order chi connectivity index (χ1) is 9.84. The fraction of sp³-hybridized carbons (Fsp3) is 0. The van der Waals surface area contributed by atoms with Crippen molar-refractivity contribution in [2.45, 2.75) is 4.90 Å². The number of benzene rings is 1. The van der Waals surface area contributed by atoms with E-state index in [4.69, 9.17) is 4.55 Å². The molecule has 0 spiro atoms. The number of fused-ring (bicyclic) bond motifs is 1. The first-order valence-corrected chi connectivity index (χ1v) is 7.09. The maximum absolute atomic E-state index is 11.6. The highest BCUT2D eigenvalue weighted by Gasteiger charge is 2.12. The Morgan fingerprint density at radius 1 is 1.00 bits per heavy atom. The Hall–Kier alpha value is -2.72. The Balaban J connectivity index is 2.15. The molecule has 3 rings (SSSR count). The zero-order valence-electron chi connectivity index (χ0n) is 10.2. The number of imidazole rings is 1. The van der Waals surface area contributed by atoms with E-state index in [1.807, 2.05) is 0 Å². The fourth-order valence-electron chi connectivity index (χ4n) is 1.85. The molecule has 3 aromatic rings. The van der Waals surface area contributed by atoms with Gasteiger partial charge in [0.25, 0.3) is 15.7 Å². The molecule has 21 heavy (non-hydrogen) atoms. The molecule has 10 heteroatoms. The lowest BCUT2D eigenvalue weighted by Crippen LogP contribution is -2.21. The second-order valence-electron chi connectivity index (χ2n) is 4.22. The number of hydrogen-bond donors (Lipinski definition) is 4. The van der Waals surface area contributed by atoms with Crippen LogP contribution in [0.1, 0.15) is 0 Å². The number of nitrogens with one attached hydrogen (secondary N) is 3. The first-order valence-electron chi connectivity index (χ1n) is 5.65. The van der Waals surface area contributed by atoms with Crippen molar-refractivity contribution >= 4 is 21.3 Å². The van der Waals surface area contributed by atoms with Crippen LogP contribution in [0.2, 0.25) is 0 Å². The maximum atomic E-state index is 11.6. The Bertz CT molecular complexity index is 1040. The van der Waals surface area contributed by atoms with Crippen LogP contribution in [0.5, 0.6) is 0 Å². The number of rotatable bonds is 2. The molecule has 0 aliphatic rings. The van der Waals surface area contributed by atoms with Crippen LogP contribution >= 0.6 is 0 Å². The van der Waals surface area contributed by atoms with Crippen molar-refractivity contribution in [1.29, 1.82) is 0 Å². The van der Waals surface area contributed by atoms with Crippen LogP contribution < -0.4 is 11.2 Å². The standard InChI is InChI=1S/C11H8N4O5S/c16-10-7-9(14-11(17)15-10)13-8(12-7)5-1-3-6(4-2-5)21(18,19)20/h1-4H,(H,18,19,20)(H3,12,13,14,15,16,17). The summed E-state index contributed by atoms with van der Waals surface area (Å²) in [5.74, 6) is 0.277. The Labute approximate surface area is 116 Å². The summed E-state index contributed by atoms with van der Waals surface area (Å²) in [6, 6.07) is 5.22. The lowest BCUT2D eigenvalue weighted by Gasteiger charge is -1.98. The number of aromatic nitrogens is 4. The molecule has 0 saturated heterocycles. The molecular weight excluding hydrogens is 300 g/mol. The average molecular weight is 308 g/mol. The van der Waals surface area contributed by atoms with E-state index in [1.165, 1.54) is 24.3 Å². The molecule has 0 aliphatic carbocycles. The van der Waals surface area contributed by atoms with E-state index in [2.05, 4.69) is 19.9 Å². The third-order valence-corrected chi connectivity index (χ3v) is 3.68. The summed E-state index contributed by atoms with van der Waals surface area (Å²) in [5, 5.41) is 0. The van der Waals surface area contributed by atoms with E-state index in [0.29, 0.717) is 5.56 Å². The first kappa shape index (κ1) is 13.3. The molecule has 0 atom stereocenters. The van der Waals surface area contributed by atoms with Gasteiger partial charge in [0.05, 0.1) is 4.90 Å². The van der Waals surface area contributed by atoms with Crippen LogP contribution in [0, 0.1) is 0 Å². The van der Waals surface area contributed by atoms with E-state index in [1.54, 1.807) is 0 Å². The van der Waals surface area contributed by atoms with Gasteiger partial charge in [-0.25, -0.2) is 9.78 Å². The number of nitrogens with zero attached hydrogens (tertiary/aromatic N) is 1. The number of aromatic amines is 3. The quantitative estimate of drug-likeness (QED) is 0.484. The molecule has 9 nitrogen and oxygen atoms in total. The molecule has 1 aromatic carbocycles. The molecule has 0 bridgehead atoms. The van der Waals surface area contributed by atoms with Crippen molar-refractivity contribution in [3.05, 3.63) is 45.1 Å². The minimum Gasteiger partial charge on any atom is -0.332 e. The predicted octanol–water partition coefficient (Wildman–Crippen LogP) is -0.147. The highest BCUT2D eigenvalue weighted by atomic mass is 32.2. The van der Waals surface area contributed by atoms with Crippen LogP contribution in [0.15, 0.2) is 38.8 Å². The normalized spacial score (nSPS) is 11.9. The molecule has 108 valence electrons. The Morgan fingerprint density at radius 2 is 1.67 bits per heavy atom. The molecule has 0 fully saturated rings. The second-order valence-corrected chi connectivity index (χ2v) is 5.64. The van der Waals surface area contributed by atoms with Crippen molar-refractivity contribution in [3.63, 3.8) is 0 Å². The number of H-pyrrole nitrogens is 3. The van der Waals surface area contributed by atoms with E-state index in [-0.39, 0.29) is 21.9 Å². The lowest BCUT2D eigenvalue weighted by atomic mass is 10.2. The molecule has 0 unspecified atom stereocenters. The summed E-state index contributed by atoms with van der Waals surface area (Å²) in [6.07, 6.45) is 0. The Kier molecular flexibility index (Phi) is 2.78. The van der Waals surface area contributed by atoms with Gasteiger partial charge in [0, 0.05) is 5.56 Å². The van der Waals surface area contributed by atoms with Gasteiger partial charge in [0.1, 0.15) is 11.3 Å². The lowest BCUT2D eigenvalue weighted by molar-refractivity contribution is 0.483. The summed E-state index contributed by atoms with van der Waals surface area (Å²) in [7, 11) is -4.27. The largest absolute Gasteiger partial charge is 0.332 e. The van der Waals surface area contributed by atoms with Crippen LogP contribution in [0.25, 0.3) is 22.6 Å².